The fourth-order valence-corrected chi connectivity index (χ4v) is 2.50. The summed E-state index contributed by atoms with van der Waals surface area (Å²) in [6.07, 6.45) is 0. The lowest BCUT2D eigenvalue weighted by molar-refractivity contribution is -0.114. The smallest absolute Gasteiger partial charge is 0.221 e. The number of amides is 1. The second kappa shape index (κ2) is 4.55. The number of anilines is 1. The van der Waals surface area contributed by atoms with Crippen LogP contribution in [-0.4, -0.2) is 13.0 Å². The Labute approximate surface area is 102 Å². The van der Waals surface area contributed by atoms with Crippen molar-refractivity contribution in [2.75, 3.05) is 12.4 Å². The zero-order valence-corrected chi connectivity index (χ0v) is 10.3. The van der Waals surface area contributed by atoms with Gasteiger partial charge in [-0.3, -0.25) is 9.59 Å². The van der Waals surface area contributed by atoms with E-state index in [-0.39, 0.29) is 17.0 Å². The molecule has 0 unspecified atom stereocenters. The first-order chi connectivity index (χ1) is 8.13. The first-order valence-electron chi connectivity index (χ1n) is 5.01. The van der Waals surface area contributed by atoms with Crippen LogP contribution < -0.4 is 15.5 Å². The number of hydrogen-bond acceptors (Lipinski definition) is 4. The Balaban J connectivity index is 2.76. The van der Waals surface area contributed by atoms with Crippen LogP contribution in [-0.2, 0) is 4.79 Å². The van der Waals surface area contributed by atoms with Crippen LogP contribution in [0.15, 0.2) is 29.1 Å². The summed E-state index contributed by atoms with van der Waals surface area (Å²) in [7, 11) is 1.48. The molecular weight excluding hydrogens is 238 g/mol. The van der Waals surface area contributed by atoms with Crippen molar-refractivity contribution in [2.45, 2.75) is 6.92 Å². The SMILES string of the molecule is COc1sc2ccccc2c(=O)c1NC(C)=O. The molecule has 1 aromatic carbocycles. The highest BCUT2D eigenvalue weighted by Gasteiger charge is 2.13. The number of nitrogens with one attached hydrogen (secondary N) is 1. The molecule has 1 amide bonds. The van der Waals surface area contributed by atoms with Crippen molar-refractivity contribution < 1.29 is 9.53 Å². The summed E-state index contributed by atoms with van der Waals surface area (Å²) >= 11 is 1.33. The third-order valence-electron chi connectivity index (χ3n) is 2.25. The van der Waals surface area contributed by atoms with Crippen LogP contribution in [0.25, 0.3) is 10.1 Å². The van der Waals surface area contributed by atoms with Gasteiger partial charge < -0.3 is 10.1 Å². The van der Waals surface area contributed by atoms with Gasteiger partial charge in [0.1, 0.15) is 5.69 Å². The molecule has 1 aromatic heterocycles. The topological polar surface area (TPSA) is 55.4 Å². The van der Waals surface area contributed by atoms with Crippen LogP contribution >= 0.6 is 11.3 Å². The maximum Gasteiger partial charge on any atom is 0.221 e. The highest BCUT2D eigenvalue weighted by Crippen LogP contribution is 2.31. The fraction of sp³-hybridized carbons (Fsp3) is 0.167. The Morgan fingerprint density at radius 2 is 2.06 bits per heavy atom. The van der Waals surface area contributed by atoms with E-state index in [4.69, 9.17) is 4.74 Å². The molecule has 0 radical (unpaired) electrons. The van der Waals surface area contributed by atoms with Gasteiger partial charge in [-0.05, 0) is 12.1 Å². The number of carbonyl (C=O) groups excluding carboxylic acids is 1. The lowest BCUT2D eigenvalue weighted by atomic mass is 10.2. The minimum atomic E-state index is -0.289. The largest absolute Gasteiger partial charge is 0.486 e. The molecule has 0 bridgehead atoms. The van der Waals surface area contributed by atoms with Crippen molar-refractivity contribution in [1.29, 1.82) is 0 Å². The standard InChI is InChI=1S/C12H11NO3S/c1-7(14)13-10-11(15)8-5-3-4-6-9(8)17-12(10)16-2/h3-6H,1-2H3,(H,13,14). The molecule has 2 rings (SSSR count). The van der Waals surface area contributed by atoms with Crippen LogP contribution in [0.5, 0.6) is 5.06 Å². The van der Waals surface area contributed by atoms with Gasteiger partial charge in [-0.1, -0.05) is 23.5 Å². The van der Waals surface area contributed by atoms with Gasteiger partial charge in [0.25, 0.3) is 0 Å². The second-order valence-corrected chi connectivity index (χ2v) is 4.49. The van der Waals surface area contributed by atoms with Crippen LogP contribution in [0.3, 0.4) is 0 Å². The van der Waals surface area contributed by atoms with E-state index in [0.29, 0.717) is 10.4 Å². The molecular formula is C12H11NO3S. The molecule has 0 aliphatic rings. The van der Waals surface area contributed by atoms with Gasteiger partial charge >= 0.3 is 0 Å². The third-order valence-corrected chi connectivity index (χ3v) is 3.38. The van der Waals surface area contributed by atoms with Gasteiger partial charge in [0, 0.05) is 17.0 Å². The van der Waals surface area contributed by atoms with Gasteiger partial charge in [0.05, 0.1) is 7.11 Å². The van der Waals surface area contributed by atoms with Gasteiger partial charge in [0.2, 0.25) is 16.4 Å². The number of methoxy groups -OCH3 is 1. The summed E-state index contributed by atoms with van der Waals surface area (Å²) < 4.78 is 5.98. The summed E-state index contributed by atoms with van der Waals surface area (Å²) in [6.45, 7) is 1.36. The minimum Gasteiger partial charge on any atom is -0.486 e. The maximum absolute atomic E-state index is 12.2. The summed E-state index contributed by atoms with van der Waals surface area (Å²) in [4.78, 5) is 23.2. The van der Waals surface area contributed by atoms with Gasteiger partial charge in [0.15, 0.2) is 0 Å². The Bertz CT molecular complexity index is 633. The first-order valence-corrected chi connectivity index (χ1v) is 5.82. The third kappa shape index (κ3) is 2.14. The van der Waals surface area contributed by atoms with Crippen molar-refractivity contribution >= 4 is 33.0 Å². The minimum absolute atomic E-state index is 0.212. The van der Waals surface area contributed by atoms with E-state index in [2.05, 4.69) is 5.32 Å². The second-order valence-electron chi connectivity index (χ2n) is 3.48. The van der Waals surface area contributed by atoms with E-state index in [9.17, 15) is 9.59 Å². The van der Waals surface area contributed by atoms with Crippen molar-refractivity contribution in [1.82, 2.24) is 0 Å². The Hall–Kier alpha value is -1.88. The van der Waals surface area contributed by atoms with Gasteiger partial charge in [-0.15, -0.1) is 0 Å². The number of rotatable bonds is 2. The molecule has 2 aromatic rings. The normalized spacial score (nSPS) is 10.2. The highest BCUT2D eigenvalue weighted by molar-refractivity contribution is 7.20. The quantitative estimate of drug-likeness (QED) is 0.888. The Morgan fingerprint density at radius 1 is 1.35 bits per heavy atom. The summed E-state index contributed by atoms with van der Waals surface area (Å²) in [5.41, 5.74) is -0.00454. The zero-order valence-electron chi connectivity index (χ0n) is 9.44. The van der Waals surface area contributed by atoms with Crippen LogP contribution in [0.1, 0.15) is 6.92 Å². The van der Waals surface area contributed by atoms with Gasteiger partial charge in [-0.2, -0.15) is 0 Å². The highest BCUT2D eigenvalue weighted by atomic mass is 32.1. The predicted octanol–water partition coefficient (Wildman–Crippen LogP) is 2.23. The number of hydrogen-bond donors (Lipinski definition) is 1. The lowest BCUT2D eigenvalue weighted by Gasteiger charge is -2.08. The number of carbonyl (C=O) groups is 1. The van der Waals surface area contributed by atoms with E-state index in [1.54, 1.807) is 12.1 Å². The van der Waals surface area contributed by atoms with E-state index >= 15 is 0 Å². The molecule has 0 saturated carbocycles. The molecule has 0 spiro atoms. The van der Waals surface area contributed by atoms with E-state index < -0.39 is 0 Å². The first kappa shape index (κ1) is 11.6. The Kier molecular flexibility index (Phi) is 3.10. The maximum atomic E-state index is 12.2. The van der Waals surface area contributed by atoms with Crippen LogP contribution in [0, 0.1) is 0 Å². The molecule has 0 aliphatic heterocycles. The lowest BCUT2D eigenvalue weighted by Crippen LogP contribution is -2.16. The molecule has 4 nitrogen and oxygen atoms in total. The monoisotopic (exact) mass is 249 g/mol. The number of benzene rings is 1. The van der Waals surface area contributed by atoms with Crippen molar-refractivity contribution in [3.8, 4) is 5.06 Å². The molecule has 88 valence electrons. The molecule has 0 atom stereocenters. The van der Waals surface area contributed by atoms with Gasteiger partial charge in [-0.25, -0.2) is 0 Å². The summed E-state index contributed by atoms with van der Waals surface area (Å²) in [5, 5.41) is 3.52. The Morgan fingerprint density at radius 3 is 2.71 bits per heavy atom. The molecule has 17 heavy (non-hydrogen) atoms. The molecule has 0 aliphatic carbocycles. The van der Waals surface area contributed by atoms with Crippen molar-refractivity contribution in [2.24, 2.45) is 0 Å². The number of fused-ring (bicyclic) bond motifs is 1. The summed E-state index contributed by atoms with van der Waals surface area (Å²) in [5.74, 6) is -0.289. The molecule has 1 heterocycles. The van der Waals surface area contributed by atoms with E-state index in [1.165, 1.54) is 25.4 Å². The van der Waals surface area contributed by atoms with Crippen LogP contribution in [0.4, 0.5) is 5.69 Å². The average molecular weight is 249 g/mol. The molecule has 5 heteroatoms. The number of ether oxygens (including phenoxy) is 1. The molecule has 1 N–H and O–H groups in total. The zero-order chi connectivity index (χ0) is 12.4. The van der Waals surface area contributed by atoms with Crippen LogP contribution in [0.2, 0.25) is 0 Å². The van der Waals surface area contributed by atoms with E-state index in [0.717, 1.165) is 4.70 Å². The average Bonchev–Trinajstić information content (AvgIpc) is 2.32. The fourth-order valence-electron chi connectivity index (χ4n) is 1.55. The summed E-state index contributed by atoms with van der Waals surface area (Å²) in [6, 6.07) is 7.23. The van der Waals surface area contributed by atoms with Crippen molar-refractivity contribution in [3.05, 3.63) is 34.5 Å². The molecule has 0 saturated heterocycles. The molecule has 0 fully saturated rings. The van der Waals surface area contributed by atoms with E-state index in [1.807, 2.05) is 12.1 Å². The predicted molar refractivity (Wildman–Crippen MR) is 69.0 cm³/mol. The van der Waals surface area contributed by atoms with Crippen molar-refractivity contribution in [3.63, 3.8) is 0 Å².